The first kappa shape index (κ1) is 15.6. The van der Waals surface area contributed by atoms with Crippen LogP contribution in [0, 0.1) is 0 Å². The summed E-state index contributed by atoms with van der Waals surface area (Å²) in [5.74, 6) is 0.746. The van der Waals surface area contributed by atoms with Crippen LogP contribution in [0.3, 0.4) is 0 Å². The third-order valence-corrected chi connectivity index (χ3v) is 3.74. The van der Waals surface area contributed by atoms with E-state index in [1.54, 1.807) is 19.1 Å². The molecule has 0 radical (unpaired) electrons. The van der Waals surface area contributed by atoms with Gasteiger partial charge in [-0.15, -0.1) is 0 Å². The number of carbonyl (C=O) groups excluding carboxylic acids is 1. The highest BCUT2D eigenvalue weighted by atomic mass is 79.9. The number of hydrogen-bond donors (Lipinski definition) is 0. The van der Waals surface area contributed by atoms with Crippen LogP contribution in [0.15, 0.2) is 41.0 Å². The molecule has 0 aliphatic heterocycles. The Morgan fingerprint density at radius 3 is 2.57 bits per heavy atom. The molecule has 0 unspecified atom stereocenters. The summed E-state index contributed by atoms with van der Waals surface area (Å²) in [6.45, 7) is 2.92. The van der Waals surface area contributed by atoms with Gasteiger partial charge in [0.2, 0.25) is 0 Å². The van der Waals surface area contributed by atoms with Crippen LogP contribution in [0.25, 0.3) is 0 Å². The van der Waals surface area contributed by atoms with Gasteiger partial charge in [0.15, 0.2) is 0 Å². The van der Waals surface area contributed by atoms with Crippen LogP contribution in [0.4, 0.5) is 5.69 Å². The van der Waals surface area contributed by atoms with Crippen LogP contribution in [-0.4, -0.2) is 24.6 Å². The summed E-state index contributed by atoms with van der Waals surface area (Å²) < 4.78 is 8.03. The summed E-state index contributed by atoms with van der Waals surface area (Å²) in [6, 6.07) is 9.30. The molecule has 0 spiro atoms. The smallest absolute Gasteiger partial charge is 0.274 e. The molecule has 0 N–H and O–H groups in total. The predicted molar refractivity (Wildman–Crippen MR) is 88.2 cm³/mol. The highest BCUT2D eigenvalue weighted by Crippen LogP contribution is 2.22. The van der Waals surface area contributed by atoms with E-state index in [0.29, 0.717) is 5.69 Å². The SMILES string of the molecule is CCCn1cc(Br)cc1C(=O)N(C)c1ccc(OC)cc1. The highest BCUT2D eigenvalue weighted by molar-refractivity contribution is 9.10. The molecule has 0 atom stereocenters. The second-order valence-electron chi connectivity index (χ2n) is 4.80. The molecule has 0 saturated heterocycles. The molecule has 2 aromatic rings. The van der Waals surface area contributed by atoms with Crippen LogP contribution in [-0.2, 0) is 6.54 Å². The quantitative estimate of drug-likeness (QED) is 0.818. The number of anilines is 1. The Kier molecular flexibility index (Phi) is 5.07. The Bertz CT molecular complexity index is 620. The lowest BCUT2D eigenvalue weighted by Gasteiger charge is -2.18. The van der Waals surface area contributed by atoms with Gasteiger partial charge in [0.1, 0.15) is 11.4 Å². The Labute approximate surface area is 133 Å². The van der Waals surface area contributed by atoms with Crippen LogP contribution >= 0.6 is 15.9 Å². The molecule has 4 nitrogen and oxygen atoms in total. The zero-order valence-electron chi connectivity index (χ0n) is 12.5. The second kappa shape index (κ2) is 6.80. The predicted octanol–water partition coefficient (Wildman–Crippen LogP) is 3.95. The Morgan fingerprint density at radius 1 is 1.33 bits per heavy atom. The van der Waals surface area contributed by atoms with Crippen molar-refractivity contribution in [3.05, 3.63) is 46.7 Å². The molecule has 0 bridgehead atoms. The zero-order chi connectivity index (χ0) is 15.4. The van der Waals surface area contributed by atoms with Crippen molar-refractivity contribution < 1.29 is 9.53 Å². The molecule has 2 rings (SSSR count). The van der Waals surface area contributed by atoms with Gasteiger partial charge >= 0.3 is 0 Å². The van der Waals surface area contributed by atoms with Gasteiger partial charge in [-0.2, -0.15) is 0 Å². The standard InChI is InChI=1S/C16H19BrN2O2/c1-4-9-19-11-12(17)10-15(19)16(20)18(2)13-5-7-14(21-3)8-6-13/h5-8,10-11H,4,9H2,1-3H3. The first-order valence-corrected chi connectivity index (χ1v) is 7.64. The second-order valence-corrected chi connectivity index (χ2v) is 5.71. The van der Waals surface area contributed by atoms with Gasteiger partial charge < -0.3 is 14.2 Å². The minimum absolute atomic E-state index is 0.0284. The van der Waals surface area contributed by atoms with Crippen molar-refractivity contribution in [2.45, 2.75) is 19.9 Å². The Balaban J connectivity index is 2.25. The molecule has 0 aliphatic carbocycles. The number of hydrogen-bond acceptors (Lipinski definition) is 2. The molecule has 0 aliphatic rings. The van der Waals surface area contributed by atoms with E-state index in [2.05, 4.69) is 22.9 Å². The molecule has 0 saturated carbocycles. The average Bonchev–Trinajstić information content (AvgIpc) is 2.87. The fraction of sp³-hybridized carbons (Fsp3) is 0.312. The van der Waals surface area contributed by atoms with Crippen molar-refractivity contribution in [2.24, 2.45) is 0 Å². The molecule has 5 heteroatoms. The number of aryl methyl sites for hydroxylation is 1. The minimum atomic E-state index is -0.0284. The minimum Gasteiger partial charge on any atom is -0.497 e. The number of rotatable bonds is 5. The number of aromatic nitrogens is 1. The highest BCUT2D eigenvalue weighted by Gasteiger charge is 2.18. The lowest BCUT2D eigenvalue weighted by molar-refractivity contribution is 0.0984. The summed E-state index contributed by atoms with van der Waals surface area (Å²) in [4.78, 5) is 14.3. The maximum absolute atomic E-state index is 12.7. The number of halogens is 1. The van der Waals surface area contributed by atoms with Gasteiger partial charge in [-0.05, 0) is 52.7 Å². The van der Waals surface area contributed by atoms with Crippen LogP contribution in [0.5, 0.6) is 5.75 Å². The molecular formula is C16H19BrN2O2. The molecule has 1 heterocycles. The molecule has 1 aromatic carbocycles. The van der Waals surface area contributed by atoms with Crippen LogP contribution in [0.2, 0.25) is 0 Å². The molecule has 112 valence electrons. The summed E-state index contributed by atoms with van der Waals surface area (Å²) in [5.41, 5.74) is 1.52. The van der Waals surface area contributed by atoms with Gasteiger partial charge in [-0.25, -0.2) is 0 Å². The zero-order valence-corrected chi connectivity index (χ0v) is 14.1. The first-order valence-electron chi connectivity index (χ1n) is 6.84. The largest absolute Gasteiger partial charge is 0.497 e. The number of carbonyl (C=O) groups is 1. The van der Waals surface area contributed by atoms with Gasteiger partial charge in [-0.3, -0.25) is 4.79 Å². The van der Waals surface area contributed by atoms with Gasteiger partial charge in [0, 0.05) is 29.9 Å². The Morgan fingerprint density at radius 2 is 2.00 bits per heavy atom. The van der Waals surface area contributed by atoms with Gasteiger partial charge in [0.05, 0.1) is 7.11 Å². The number of amides is 1. The van der Waals surface area contributed by atoms with Crippen molar-refractivity contribution in [2.75, 3.05) is 19.1 Å². The van der Waals surface area contributed by atoms with E-state index in [9.17, 15) is 4.79 Å². The van der Waals surface area contributed by atoms with Gasteiger partial charge in [-0.1, -0.05) is 6.92 Å². The van der Waals surface area contributed by atoms with E-state index in [0.717, 1.165) is 28.9 Å². The summed E-state index contributed by atoms with van der Waals surface area (Å²) in [7, 11) is 3.40. The van der Waals surface area contributed by atoms with Gasteiger partial charge in [0.25, 0.3) is 5.91 Å². The molecule has 1 amide bonds. The topological polar surface area (TPSA) is 34.5 Å². The van der Waals surface area contributed by atoms with E-state index >= 15 is 0 Å². The number of ether oxygens (including phenoxy) is 1. The maximum Gasteiger partial charge on any atom is 0.274 e. The summed E-state index contributed by atoms with van der Waals surface area (Å²) in [6.07, 6.45) is 2.92. The average molecular weight is 351 g/mol. The lowest BCUT2D eigenvalue weighted by atomic mass is 10.2. The van der Waals surface area contributed by atoms with E-state index in [4.69, 9.17) is 4.74 Å². The van der Waals surface area contributed by atoms with Crippen molar-refractivity contribution in [3.63, 3.8) is 0 Å². The maximum atomic E-state index is 12.7. The fourth-order valence-electron chi connectivity index (χ4n) is 2.17. The normalized spacial score (nSPS) is 10.5. The van der Waals surface area contributed by atoms with E-state index in [1.165, 1.54) is 0 Å². The summed E-state index contributed by atoms with van der Waals surface area (Å²) in [5, 5.41) is 0. The van der Waals surface area contributed by atoms with Crippen LogP contribution < -0.4 is 9.64 Å². The molecular weight excluding hydrogens is 332 g/mol. The molecule has 21 heavy (non-hydrogen) atoms. The monoisotopic (exact) mass is 350 g/mol. The van der Waals surface area contributed by atoms with E-state index < -0.39 is 0 Å². The number of methoxy groups -OCH3 is 1. The van der Waals surface area contributed by atoms with Crippen molar-refractivity contribution in [3.8, 4) is 5.75 Å². The third kappa shape index (κ3) is 3.47. The van der Waals surface area contributed by atoms with Crippen LogP contribution in [0.1, 0.15) is 23.8 Å². The fourth-order valence-corrected chi connectivity index (χ4v) is 2.64. The van der Waals surface area contributed by atoms with Crippen molar-refractivity contribution in [1.82, 2.24) is 4.57 Å². The first-order chi connectivity index (χ1) is 10.1. The number of benzene rings is 1. The van der Waals surface area contributed by atoms with Crippen molar-refractivity contribution >= 4 is 27.5 Å². The summed E-state index contributed by atoms with van der Waals surface area (Å²) >= 11 is 3.44. The number of nitrogens with zero attached hydrogens (tertiary/aromatic N) is 2. The molecule has 0 fully saturated rings. The lowest BCUT2D eigenvalue weighted by Crippen LogP contribution is -2.28. The van der Waals surface area contributed by atoms with E-state index in [1.807, 2.05) is 41.1 Å². The molecule has 1 aromatic heterocycles. The van der Waals surface area contributed by atoms with Crippen molar-refractivity contribution in [1.29, 1.82) is 0 Å². The third-order valence-electron chi connectivity index (χ3n) is 3.31. The Hall–Kier alpha value is -1.75. The van der Waals surface area contributed by atoms with E-state index in [-0.39, 0.29) is 5.91 Å².